The molecule has 2 N–H and O–H groups in total. The predicted molar refractivity (Wildman–Crippen MR) is 105 cm³/mol. The maximum Gasteiger partial charge on any atom is 0.280 e. The molecule has 3 aromatic rings. The van der Waals surface area contributed by atoms with E-state index in [2.05, 4.69) is 31.4 Å². The molecule has 2 aromatic carbocycles. The maximum atomic E-state index is 12.1. The van der Waals surface area contributed by atoms with Crippen molar-refractivity contribution < 1.29 is 9.53 Å². The number of pyridine rings is 1. The molecule has 26 heavy (non-hydrogen) atoms. The lowest BCUT2D eigenvalue weighted by Gasteiger charge is -2.12. The van der Waals surface area contributed by atoms with Crippen molar-refractivity contribution in [2.45, 2.75) is 13.0 Å². The zero-order valence-corrected chi connectivity index (χ0v) is 15.5. The highest BCUT2D eigenvalue weighted by molar-refractivity contribution is 9.10. The number of carbonyl (C=O) groups is 1. The zero-order chi connectivity index (χ0) is 18.5. The van der Waals surface area contributed by atoms with Crippen molar-refractivity contribution in [3.63, 3.8) is 0 Å². The predicted octanol–water partition coefficient (Wildman–Crippen LogP) is 3.21. The highest BCUT2D eigenvalue weighted by Crippen LogP contribution is 2.17. The first-order valence-electron chi connectivity index (χ1n) is 7.90. The number of nitrogens with zero attached hydrogens (tertiary/aromatic N) is 1. The van der Waals surface area contributed by atoms with Gasteiger partial charge in [0.25, 0.3) is 11.5 Å². The third-order valence-electron chi connectivity index (χ3n) is 3.66. The summed E-state index contributed by atoms with van der Waals surface area (Å²) in [6.07, 6.45) is 0.582. The van der Waals surface area contributed by atoms with Crippen LogP contribution < -0.4 is 15.7 Å². The Hall–Kier alpha value is -2.93. The van der Waals surface area contributed by atoms with Crippen LogP contribution in [0, 0.1) is 0 Å². The van der Waals surface area contributed by atoms with Crippen molar-refractivity contribution in [1.82, 2.24) is 10.4 Å². The fourth-order valence-electron chi connectivity index (χ4n) is 2.29. The normalized spacial score (nSPS) is 12.2. The molecule has 0 aliphatic rings. The number of aromatic nitrogens is 1. The van der Waals surface area contributed by atoms with E-state index < -0.39 is 12.0 Å². The largest absolute Gasteiger partial charge is 0.481 e. The number of para-hydroxylation sites is 1. The summed E-state index contributed by atoms with van der Waals surface area (Å²) in [6.45, 7) is 1.62. The van der Waals surface area contributed by atoms with E-state index in [-0.39, 0.29) is 5.56 Å². The van der Waals surface area contributed by atoms with Gasteiger partial charge in [0.05, 0.1) is 11.8 Å². The molecular formula is C19H16BrN3O3. The van der Waals surface area contributed by atoms with Gasteiger partial charge in [0.15, 0.2) is 6.10 Å². The molecule has 0 spiro atoms. The van der Waals surface area contributed by atoms with Gasteiger partial charge in [-0.05, 0) is 48.7 Å². The lowest BCUT2D eigenvalue weighted by Crippen LogP contribution is -2.33. The SMILES string of the molecule is C[C@@H](Oc1ccc(Br)cc1)C(=O)N/N=C\c1cc2ccccc2[nH]c1=O. The summed E-state index contributed by atoms with van der Waals surface area (Å²) < 4.78 is 6.46. The summed E-state index contributed by atoms with van der Waals surface area (Å²) in [6, 6.07) is 16.3. The Morgan fingerprint density at radius 3 is 2.73 bits per heavy atom. The fraction of sp³-hybridized carbons (Fsp3) is 0.105. The van der Waals surface area contributed by atoms with Crippen molar-refractivity contribution in [2.75, 3.05) is 0 Å². The number of hydrazone groups is 1. The molecule has 0 saturated heterocycles. The summed E-state index contributed by atoms with van der Waals surface area (Å²) in [7, 11) is 0. The van der Waals surface area contributed by atoms with Crippen molar-refractivity contribution in [2.24, 2.45) is 5.10 Å². The minimum atomic E-state index is -0.733. The van der Waals surface area contributed by atoms with Crippen LogP contribution in [0.15, 0.2) is 69.0 Å². The van der Waals surface area contributed by atoms with Crippen LogP contribution >= 0.6 is 15.9 Å². The molecule has 1 amide bonds. The van der Waals surface area contributed by atoms with Crippen LogP contribution in [0.1, 0.15) is 12.5 Å². The van der Waals surface area contributed by atoms with Crippen LogP contribution in [0.3, 0.4) is 0 Å². The summed E-state index contributed by atoms with van der Waals surface area (Å²) in [5.41, 5.74) is 3.20. The van der Waals surface area contributed by atoms with Gasteiger partial charge in [-0.15, -0.1) is 0 Å². The van der Waals surface area contributed by atoms with Crippen LogP contribution in [0.2, 0.25) is 0 Å². The topological polar surface area (TPSA) is 83.5 Å². The fourth-order valence-corrected chi connectivity index (χ4v) is 2.55. The quantitative estimate of drug-likeness (QED) is 0.497. The Labute approximate surface area is 158 Å². The Bertz CT molecular complexity index is 1010. The lowest BCUT2D eigenvalue weighted by molar-refractivity contribution is -0.127. The van der Waals surface area contributed by atoms with E-state index >= 15 is 0 Å². The number of rotatable bonds is 5. The van der Waals surface area contributed by atoms with Crippen molar-refractivity contribution >= 4 is 39.0 Å². The molecule has 0 bridgehead atoms. The first-order chi connectivity index (χ1) is 12.5. The van der Waals surface area contributed by atoms with Crippen molar-refractivity contribution in [1.29, 1.82) is 0 Å². The van der Waals surface area contributed by atoms with E-state index in [1.807, 2.05) is 36.4 Å². The van der Waals surface area contributed by atoms with Gasteiger partial charge in [-0.3, -0.25) is 9.59 Å². The van der Waals surface area contributed by atoms with E-state index in [0.717, 1.165) is 15.4 Å². The summed E-state index contributed by atoms with van der Waals surface area (Å²) in [5.74, 6) is 0.159. The van der Waals surface area contributed by atoms with E-state index in [0.29, 0.717) is 11.3 Å². The molecule has 0 unspecified atom stereocenters. The second kappa shape index (κ2) is 7.97. The van der Waals surface area contributed by atoms with Gasteiger partial charge in [-0.2, -0.15) is 5.10 Å². The molecule has 132 valence electrons. The molecule has 6 nitrogen and oxygen atoms in total. The van der Waals surface area contributed by atoms with E-state index in [9.17, 15) is 9.59 Å². The van der Waals surface area contributed by atoms with Crippen molar-refractivity contribution in [3.8, 4) is 5.75 Å². The Morgan fingerprint density at radius 1 is 1.23 bits per heavy atom. The van der Waals surface area contributed by atoms with Gasteiger partial charge in [0.2, 0.25) is 0 Å². The Kier molecular flexibility index (Phi) is 5.48. The molecule has 0 aliphatic heterocycles. The molecule has 1 aromatic heterocycles. The van der Waals surface area contributed by atoms with Crippen LogP contribution in [-0.4, -0.2) is 23.2 Å². The van der Waals surface area contributed by atoms with Crippen LogP contribution in [-0.2, 0) is 4.79 Å². The lowest BCUT2D eigenvalue weighted by atomic mass is 10.2. The zero-order valence-electron chi connectivity index (χ0n) is 13.9. The molecule has 1 atom stereocenters. The standard InChI is InChI=1S/C19H16BrN3O3/c1-12(26-16-8-6-15(20)7-9-16)18(24)23-21-11-14-10-13-4-2-3-5-17(13)22-19(14)25/h2-12H,1H3,(H,22,25)(H,23,24)/b21-11-/t12-/m1/s1. The number of amides is 1. The first-order valence-corrected chi connectivity index (χ1v) is 8.69. The van der Waals surface area contributed by atoms with Crippen LogP contribution in [0.25, 0.3) is 10.9 Å². The molecule has 0 fully saturated rings. The minimum absolute atomic E-state index is 0.277. The number of H-pyrrole nitrogens is 1. The number of hydrogen-bond acceptors (Lipinski definition) is 4. The van der Waals surface area contributed by atoms with Gasteiger partial charge >= 0.3 is 0 Å². The monoisotopic (exact) mass is 413 g/mol. The van der Waals surface area contributed by atoms with Gasteiger partial charge in [0, 0.05) is 9.99 Å². The van der Waals surface area contributed by atoms with E-state index in [4.69, 9.17) is 4.74 Å². The van der Waals surface area contributed by atoms with Gasteiger partial charge in [-0.25, -0.2) is 5.43 Å². The van der Waals surface area contributed by atoms with Gasteiger partial charge in [-0.1, -0.05) is 34.1 Å². The molecule has 0 radical (unpaired) electrons. The minimum Gasteiger partial charge on any atom is -0.481 e. The second-order valence-electron chi connectivity index (χ2n) is 5.59. The van der Waals surface area contributed by atoms with Gasteiger partial charge in [0.1, 0.15) is 5.75 Å². The highest BCUT2D eigenvalue weighted by Gasteiger charge is 2.13. The number of halogens is 1. The molecule has 0 saturated carbocycles. The van der Waals surface area contributed by atoms with Crippen molar-refractivity contribution in [3.05, 3.63) is 75.0 Å². The highest BCUT2D eigenvalue weighted by atomic mass is 79.9. The van der Waals surface area contributed by atoms with Gasteiger partial charge < -0.3 is 9.72 Å². The molecule has 0 aliphatic carbocycles. The van der Waals surface area contributed by atoms with E-state index in [1.54, 1.807) is 25.1 Å². The van der Waals surface area contributed by atoms with E-state index in [1.165, 1.54) is 6.21 Å². The summed E-state index contributed by atoms with van der Waals surface area (Å²) in [5, 5.41) is 4.74. The third-order valence-corrected chi connectivity index (χ3v) is 4.18. The average Bonchev–Trinajstić information content (AvgIpc) is 2.63. The molecular weight excluding hydrogens is 398 g/mol. The molecule has 7 heteroatoms. The number of benzene rings is 2. The van der Waals surface area contributed by atoms with Crippen LogP contribution in [0.5, 0.6) is 5.75 Å². The molecule has 3 rings (SSSR count). The summed E-state index contributed by atoms with van der Waals surface area (Å²) in [4.78, 5) is 26.8. The maximum absolute atomic E-state index is 12.1. The Morgan fingerprint density at radius 2 is 1.96 bits per heavy atom. The first kappa shape index (κ1) is 17.9. The average molecular weight is 414 g/mol. The van der Waals surface area contributed by atoms with Crippen LogP contribution in [0.4, 0.5) is 0 Å². The number of carbonyl (C=O) groups excluding carboxylic acids is 1. The number of ether oxygens (including phenoxy) is 1. The Balaban J connectivity index is 1.64. The smallest absolute Gasteiger partial charge is 0.280 e. The number of hydrogen-bond donors (Lipinski definition) is 2. The third kappa shape index (κ3) is 4.37. The number of aromatic amines is 1. The number of fused-ring (bicyclic) bond motifs is 1. The summed E-state index contributed by atoms with van der Waals surface area (Å²) >= 11 is 3.34. The second-order valence-corrected chi connectivity index (χ2v) is 6.50. The number of nitrogens with one attached hydrogen (secondary N) is 2. The molecule has 1 heterocycles.